The Morgan fingerprint density at radius 1 is 0.962 bits per heavy atom. The third kappa shape index (κ3) is 3.66. The van der Waals surface area contributed by atoms with Crippen molar-refractivity contribution in [2.75, 3.05) is 28.6 Å². The van der Waals surface area contributed by atoms with Gasteiger partial charge in [-0.15, -0.1) is 10.2 Å². The number of amides is 2. The molecule has 3 heterocycles. The quantitative estimate of drug-likeness (QED) is 0.744. The Labute approximate surface area is 151 Å². The molecule has 7 heteroatoms. The van der Waals surface area contributed by atoms with Crippen LogP contribution in [0.2, 0.25) is 0 Å². The summed E-state index contributed by atoms with van der Waals surface area (Å²) in [5.74, 6) is 1.33. The number of aromatic nitrogens is 2. The molecule has 0 aliphatic carbocycles. The summed E-state index contributed by atoms with van der Waals surface area (Å²) in [6.45, 7) is 2.10. The van der Waals surface area contributed by atoms with Crippen molar-refractivity contribution in [2.24, 2.45) is 0 Å². The standard InChI is InChI=1S/C19H19N5O2/c25-19(21-18-4-3-13-26-18)20-15-7-5-14(6-8-15)16-9-10-17(23-22-16)24-11-1-2-12-24/h3-10,13H,1-2,11-12H2,(H2,20,21,25). The maximum atomic E-state index is 11.9. The molecule has 1 aliphatic rings. The number of hydrogen-bond donors (Lipinski definition) is 2. The second-order valence-electron chi connectivity index (χ2n) is 6.10. The van der Waals surface area contributed by atoms with Gasteiger partial charge in [0.25, 0.3) is 0 Å². The Hall–Kier alpha value is -3.35. The van der Waals surface area contributed by atoms with Crippen LogP contribution in [0, 0.1) is 0 Å². The van der Waals surface area contributed by atoms with E-state index in [0.29, 0.717) is 11.6 Å². The van der Waals surface area contributed by atoms with Crippen LogP contribution in [0.4, 0.5) is 22.2 Å². The summed E-state index contributed by atoms with van der Waals surface area (Å²) < 4.78 is 5.07. The Balaban J connectivity index is 1.39. The molecule has 4 rings (SSSR count). The van der Waals surface area contributed by atoms with Crippen molar-refractivity contribution in [3.05, 3.63) is 54.8 Å². The van der Waals surface area contributed by atoms with E-state index in [9.17, 15) is 4.79 Å². The molecule has 1 aliphatic heterocycles. The monoisotopic (exact) mass is 349 g/mol. The first-order chi connectivity index (χ1) is 12.8. The molecule has 1 saturated heterocycles. The van der Waals surface area contributed by atoms with Gasteiger partial charge in [0.2, 0.25) is 5.88 Å². The van der Waals surface area contributed by atoms with E-state index in [2.05, 4.69) is 25.7 Å². The highest BCUT2D eigenvalue weighted by Crippen LogP contribution is 2.22. The largest absolute Gasteiger partial charge is 0.449 e. The number of carbonyl (C=O) groups excluding carboxylic acids is 1. The molecule has 0 radical (unpaired) electrons. The number of nitrogens with zero attached hydrogens (tertiary/aromatic N) is 3. The van der Waals surface area contributed by atoms with Gasteiger partial charge in [0.15, 0.2) is 5.82 Å². The molecule has 0 bridgehead atoms. The molecule has 26 heavy (non-hydrogen) atoms. The van der Waals surface area contributed by atoms with Crippen LogP contribution < -0.4 is 15.5 Å². The third-order valence-corrected chi connectivity index (χ3v) is 4.28. The van der Waals surface area contributed by atoms with Gasteiger partial charge in [-0.25, -0.2) is 4.79 Å². The molecule has 1 fully saturated rings. The number of rotatable bonds is 4. The lowest BCUT2D eigenvalue weighted by Gasteiger charge is -2.15. The summed E-state index contributed by atoms with van der Waals surface area (Å²) in [5.41, 5.74) is 2.43. The Morgan fingerprint density at radius 2 is 1.77 bits per heavy atom. The highest BCUT2D eigenvalue weighted by Gasteiger charge is 2.14. The predicted octanol–water partition coefficient (Wildman–Crippen LogP) is 3.98. The molecule has 0 spiro atoms. The van der Waals surface area contributed by atoms with Crippen LogP contribution in [0.25, 0.3) is 11.3 Å². The second-order valence-corrected chi connectivity index (χ2v) is 6.10. The first kappa shape index (κ1) is 16.1. The summed E-state index contributed by atoms with van der Waals surface area (Å²) >= 11 is 0. The van der Waals surface area contributed by atoms with E-state index in [1.807, 2.05) is 36.4 Å². The predicted molar refractivity (Wildman–Crippen MR) is 100 cm³/mol. The van der Waals surface area contributed by atoms with Crippen LogP contribution >= 0.6 is 0 Å². The molecule has 3 aromatic rings. The number of anilines is 3. The zero-order valence-corrected chi connectivity index (χ0v) is 14.2. The van der Waals surface area contributed by atoms with E-state index < -0.39 is 0 Å². The molecule has 0 atom stereocenters. The number of urea groups is 1. The van der Waals surface area contributed by atoms with E-state index in [4.69, 9.17) is 4.42 Å². The third-order valence-electron chi connectivity index (χ3n) is 4.28. The van der Waals surface area contributed by atoms with Crippen LogP contribution in [0.1, 0.15) is 12.8 Å². The molecule has 2 aromatic heterocycles. The van der Waals surface area contributed by atoms with Crippen molar-refractivity contribution in [1.29, 1.82) is 0 Å². The van der Waals surface area contributed by atoms with Gasteiger partial charge in [-0.3, -0.25) is 5.32 Å². The minimum absolute atomic E-state index is 0.359. The zero-order chi connectivity index (χ0) is 17.8. The molecule has 7 nitrogen and oxygen atoms in total. The average molecular weight is 349 g/mol. The van der Waals surface area contributed by atoms with Crippen molar-refractivity contribution in [2.45, 2.75) is 12.8 Å². The number of hydrogen-bond acceptors (Lipinski definition) is 5. The fourth-order valence-electron chi connectivity index (χ4n) is 2.94. The Bertz CT molecular complexity index is 854. The maximum absolute atomic E-state index is 11.9. The lowest BCUT2D eigenvalue weighted by atomic mass is 10.1. The number of benzene rings is 1. The highest BCUT2D eigenvalue weighted by molar-refractivity contribution is 5.99. The summed E-state index contributed by atoms with van der Waals surface area (Å²) in [4.78, 5) is 14.1. The van der Waals surface area contributed by atoms with Gasteiger partial charge in [0, 0.05) is 30.4 Å². The van der Waals surface area contributed by atoms with Crippen LogP contribution in [-0.4, -0.2) is 29.3 Å². The topological polar surface area (TPSA) is 83.3 Å². The highest BCUT2D eigenvalue weighted by atomic mass is 16.3. The van der Waals surface area contributed by atoms with Gasteiger partial charge in [0.05, 0.1) is 12.0 Å². The van der Waals surface area contributed by atoms with Gasteiger partial charge < -0.3 is 14.6 Å². The van der Waals surface area contributed by atoms with Gasteiger partial charge in [-0.05, 0) is 43.2 Å². The smallest absolute Gasteiger partial charge is 0.326 e. The molecule has 2 amide bonds. The molecule has 1 aromatic carbocycles. The lowest BCUT2D eigenvalue weighted by molar-refractivity contribution is 0.261. The fourth-order valence-corrected chi connectivity index (χ4v) is 2.94. The first-order valence-electron chi connectivity index (χ1n) is 8.58. The van der Waals surface area contributed by atoms with E-state index in [0.717, 1.165) is 30.2 Å². The normalized spacial score (nSPS) is 13.6. The summed E-state index contributed by atoms with van der Waals surface area (Å²) in [6, 6.07) is 14.5. The van der Waals surface area contributed by atoms with Gasteiger partial charge in [0.1, 0.15) is 0 Å². The van der Waals surface area contributed by atoms with Crippen molar-refractivity contribution in [3.8, 4) is 11.3 Å². The lowest BCUT2D eigenvalue weighted by Crippen LogP contribution is -2.19. The van der Waals surface area contributed by atoms with Crippen molar-refractivity contribution in [3.63, 3.8) is 0 Å². The zero-order valence-electron chi connectivity index (χ0n) is 14.2. The summed E-state index contributed by atoms with van der Waals surface area (Å²) in [5, 5.41) is 14.0. The molecule has 2 N–H and O–H groups in total. The molecule has 0 saturated carbocycles. The fraction of sp³-hybridized carbons (Fsp3) is 0.211. The van der Waals surface area contributed by atoms with Crippen molar-refractivity contribution in [1.82, 2.24) is 10.2 Å². The molecular formula is C19H19N5O2. The molecule has 132 valence electrons. The van der Waals surface area contributed by atoms with E-state index in [1.54, 1.807) is 12.1 Å². The Kier molecular flexibility index (Phi) is 4.51. The van der Waals surface area contributed by atoms with Crippen molar-refractivity contribution < 1.29 is 9.21 Å². The minimum Gasteiger partial charge on any atom is -0.449 e. The van der Waals surface area contributed by atoms with Crippen LogP contribution in [-0.2, 0) is 0 Å². The van der Waals surface area contributed by atoms with Crippen LogP contribution in [0.3, 0.4) is 0 Å². The first-order valence-corrected chi connectivity index (χ1v) is 8.58. The van der Waals surface area contributed by atoms with Crippen LogP contribution in [0.5, 0.6) is 0 Å². The van der Waals surface area contributed by atoms with Gasteiger partial charge in [-0.2, -0.15) is 0 Å². The molecular weight excluding hydrogens is 330 g/mol. The Morgan fingerprint density at radius 3 is 2.42 bits per heavy atom. The number of nitrogens with one attached hydrogen (secondary N) is 2. The summed E-state index contributed by atoms with van der Waals surface area (Å²) in [7, 11) is 0. The average Bonchev–Trinajstić information content (AvgIpc) is 3.36. The van der Waals surface area contributed by atoms with E-state index in [-0.39, 0.29) is 6.03 Å². The maximum Gasteiger partial charge on any atom is 0.326 e. The van der Waals surface area contributed by atoms with Gasteiger partial charge >= 0.3 is 6.03 Å². The van der Waals surface area contributed by atoms with E-state index in [1.165, 1.54) is 19.1 Å². The summed E-state index contributed by atoms with van der Waals surface area (Å²) in [6.07, 6.45) is 3.93. The number of carbonyl (C=O) groups is 1. The van der Waals surface area contributed by atoms with Crippen molar-refractivity contribution >= 4 is 23.4 Å². The second kappa shape index (κ2) is 7.26. The van der Waals surface area contributed by atoms with Gasteiger partial charge in [-0.1, -0.05) is 12.1 Å². The SMILES string of the molecule is O=C(Nc1ccc(-c2ccc(N3CCCC3)nn2)cc1)Nc1ccco1. The van der Waals surface area contributed by atoms with Crippen LogP contribution in [0.15, 0.2) is 59.2 Å². The molecule has 0 unspecified atom stereocenters. The minimum atomic E-state index is -0.359. The van der Waals surface area contributed by atoms with E-state index >= 15 is 0 Å². The number of furan rings is 1.